The number of carbonyl (C=O) groups excluding carboxylic acids is 2. The minimum absolute atomic E-state index is 0.0109. The number of carbonyl (C=O) groups is 2. The fourth-order valence-corrected chi connectivity index (χ4v) is 3.98. The molecule has 0 unspecified atom stereocenters. The molecule has 1 heterocycles. The molecule has 0 atom stereocenters. The predicted molar refractivity (Wildman–Crippen MR) is 123 cm³/mol. The van der Waals surface area contributed by atoms with E-state index in [1.165, 1.54) is 5.56 Å². The molecule has 0 spiro atoms. The van der Waals surface area contributed by atoms with Crippen LogP contribution < -0.4 is 20.2 Å². The van der Waals surface area contributed by atoms with Gasteiger partial charge in [0, 0.05) is 42.8 Å². The molecule has 3 N–H and O–H groups in total. The first-order valence-corrected chi connectivity index (χ1v) is 12.1. The largest absolute Gasteiger partial charge is 0.350 e. The summed E-state index contributed by atoms with van der Waals surface area (Å²) >= 11 is 0. The van der Waals surface area contributed by atoms with Gasteiger partial charge in [-0.2, -0.15) is 4.57 Å². The zero-order valence-corrected chi connectivity index (χ0v) is 19.1. The number of hydrogen-bond donors (Lipinski definition) is 3. The zero-order valence-electron chi connectivity index (χ0n) is 17.4. The van der Waals surface area contributed by atoms with E-state index in [1.54, 1.807) is 27.8 Å². The molecule has 1 rings (SSSR count). The van der Waals surface area contributed by atoms with Crippen LogP contribution in [0.5, 0.6) is 0 Å². The number of hydrogen-bond acceptors (Lipinski definition) is 4. The molecule has 6 nitrogen and oxygen atoms in total. The van der Waals surface area contributed by atoms with E-state index >= 15 is 0 Å². The number of aryl methyl sites for hydroxylation is 1. The lowest BCUT2D eigenvalue weighted by Crippen LogP contribution is -2.72. The van der Waals surface area contributed by atoms with Gasteiger partial charge in [0.25, 0.3) is 11.8 Å². The molecule has 0 aliphatic heterocycles. The van der Waals surface area contributed by atoms with Gasteiger partial charge in [0.1, 0.15) is 0 Å². The molecule has 0 saturated carbocycles. The maximum absolute atomic E-state index is 11.9. The number of amides is 2. The summed E-state index contributed by atoms with van der Waals surface area (Å²) in [7, 11) is 3.38. The molecule has 8 heteroatoms. The second-order valence-electron chi connectivity index (χ2n) is 6.35. The normalized spacial score (nSPS) is 11.9. The van der Waals surface area contributed by atoms with Gasteiger partial charge in [0.2, 0.25) is 13.1 Å². The lowest BCUT2D eigenvalue weighted by molar-refractivity contribution is -0.684. The van der Waals surface area contributed by atoms with Crippen LogP contribution in [0.4, 0.5) is 0 Å². The van der Waals surface area contributed by atoms with Crippen LogP contribution in [0.15, 0.2) is 48.3 Å². The van der Waals surface area contributed by atoms with E-state index in [0.29, 0.717) is 19.6 Å². The Kier molecular flexibility index (Phi) is 13.6. The summed E-state index contributed by atoms with van der Waals surface area (Å²) in [5.74, 6) is 1.65. The summed E-state index contributed by atoms with van der Waals surface area (Å²) in [6.45, 7) is 7.85. The summed E-state index contributed by atoms with van der Waals surface area (Å²) < 4.78 is 1.86. The van der Waals surface area contributed by atoms with Crippen molar-refractivity contribution in [2.75, 3.05) is 31.1 Å². The quantitative estimate of drug-likeness (QED) is 0.139. The van der Waals surface area contributed by atoms with Crippen molar-refractivity contribution in [3.63, 3.8) is 0 Å². The summed E-state index contributed by atoms with van der Waals surface area (Å²) in [5.41, 5.74) is 2.30. The fourth-order valence-electron chi connectivity index (χ4n) is 2.16. The number of nitrogens with one attached hydrogen (secondary N) is 3. The number of pyridine rings is 1. The molecule has 158 valence electrons. The lowest BCUT2D eigenvalue weighted by atomic mass is 10.3. The minimum atomic E-state index is -0.0233. The first-order valence-electron chi connectivity index (χ1n) is 9.61. The third-order valence-corrected chi connectivity index (χ3v) is 6.05. The van der Waals surface area contributed by atoms with E-state index in [0.717, 1.165) is 17.1 Å². The molecule has 0 bridgehead atoms. The summed E-state index contributed by atoms with van der Waals surface area (Å²) in [4.78, 5) is 26.5. The van der Waals surface area contributed by atoms with Crippen molar-refractivity contribution in [1.29, 1.82) is 0 Å². The van der Waals surface area contributed by atoms with Gasteiger partial charge in [0.15, 0.2) is 18.6 Å². The standard InChI is InChI=1S/C21H30N4O2S2/c1-4-5-18(2)6-9-22-16-20(26)23-10-14-28-29-15-11-24-21(27)17-25-12-7-19(3)8-13-25/h4-9,12-13H,10-11,14-17H2,1-3H3,(H-,23,24,26,27)/p+2/b5-4-,18-6-,22-9?. The van der Waals surface area contributed by atoms with Crippen molar-refractivity contribution in [3.8, 4) is 0 Å². The highest BCUT2D eigenvalue weighted by atomic mass is 33.1. The van der Waals surface area contributed by atoms with E-state index in [4.69, 9.17) is 0 Å². The SMILES string of the molecule is C/C=C\C(C)=C/C=[NH+]CC(=O)NCCSSCCNC(=O)C[n+]1ccc(C)cc1. The summed E-state index contributed by atoms with van der Waals surface area (Å²) in [6, 6.07) is 3.96. The molecule has 0 aromatic carbocycles. The predicted octanol–water partition coefficient (Wildman–Crippen LogP) is 0.570. The average Bonchev–Trinajstić information content (AvgIpc) is 2.69. The van der Waals surface area contributed by atoms with Gasteiger partial charge in [0.05, 0.1) is 0 Å². The molecule has 1 aromatic rings. The Balaban J connectivity index is 1.99. The summed E-state index contributed by atoms with van der Waals surface area (Å²) in [6.07, 6.45) is 11.5. The van der Waals surface area contributed by atoms with Crippen LogP contribution in [0.25, 0.3) is 0 Å². The fraction of sp³-hybridized carbons (Fsp3) is 0.429. The van der Waals surface area contributed by atoms with Crippen molar-refractivity contribution in [2.45, 2.75) is 27.3 Å². The Morgan fingerprint density at radius 2 is 1.72 bits per heavy atom. The van der Waals surface area contributed by atoms with Crippen molar-refractivity contribution >= 4 is 39.6 Å². The second kappa shape index (κ2) is 15.8. The van der Waals surface area contributed by atoms with E-state index in [-0.39, 0.29) is 18.4 Å². The monoisotopic (exact) mass is 436 g/mol. The Bertz CT molecular complexity index is 716. The highest BCUT2D eigenvalue weighted by Gasteiger charge is 2.08. The molecular weight excluding hydrogens is 404 g/mol. The van der Waals surface area contributed by atoms with Gasteiger partial charge in [-0.15, -0.1) is 0 Å². The average molecular weight is 437 g/mol. The van der Waals surface area contributed by atoms with Gasteiger partial charge in [-0.1, -0.05) is 33.7 Å². The number of allylic oxidation sites excluding steroid dienone is 4. The number of rotatable bonds is 13. The van der Waals surface area contributed by atoms with Gasteiger partial charge >= 0.3 is 0 Å². The molecule has 0 saturated heterocycles. The van der Waals surface area contributed by atoms with Crippen LogP contribution in [0.3, 0.4) is 0 Å². The van der Waals surface area contributed by atoms with E-state index in [9.17, 15) is 9.59 Å². The van der Waals surface area contributed by atoms with Gasteiger partial charge in [-0.3, -0.25) is 9.59 Å². The molecule has 29 heavy (non-hydrogen) atoms. The Hall–Kier alpha value is -2.06. The van der Waals surface area contributed by atoms with Crippen molar-refractivity contribution in [2.24, 2.45) is 0 Å². The maximum atomic E-state index is 11.9. The van der Waals surface area contributed by atoms with Crippen LogP contribution in [-0.4, -0.2) is 49.2 Å². The highest BCUT2D eigenvalue weighted by molar-refractivity contribution is 8.76. The molecule has 1 aromatic heterocycles. The lowest BCUT2D eigenvalue weighted by Gasteiger charge is -2.04. The van der Waals surface area contributed by atoms with E-state index < -0.39 is 0 Å². The molecule has 0 radical (unpaired) electrons. The van der Waals surface area contributed by atoms with Crippen LogP contribution in [0.2, 0.25) is 0 Å². The van der Waals surface area contributed by atoms with Crippen molar-refractivity contribution < 1.29 is 19.1 Å². The smallest absolute Gasteiger partial charge is 0.286 e. The molecule has 0 aliphatic carbocycles. The molecule has 0 fully saturated rings. The third kappa shape index (κ3) is 13.7. The summed E-state index contributed by atoms with van der Waals surface area (Å²) in [5, 5.41) is 5.79. The Labute approximate surface area is 181 Å². The third-order valence-electron chi connectivity index (χ3n) is 3.64. The Morgan fingerprint density at radius 1 is 1.10 bits per heavy atom. The number of nitrogens with zero attached hydrogens (tertiary/aromatic N) is 1. The topological polar surface area (TPSA) is 76.0 Å². The van der Waals surface area contributed by atoms with Crippen LogP contribution in [-0.2, 0) is 16.1 Å². The number of aromatic nitrogens is 1. The minimum Gasteiger partial charge on any atom is -0.350 e. The first kappa shape index (κ1) is 25.0. The molecular formula is C21H32N4O2S2+2. The Morgan fingerprint density at radius 3 is 2.34 bits per heavy atom. The van der Waals surface area contributed by atoms with Crippen molar-refractivity contribution in [1.82, 2.24) is 10.6 Å². The van der Waals surface area contributed by atoms with Gasteiger partial charge < -0.3 is 10.6 Å². The van der Waals surface area contributed by atoms with Crippen molar-refractivity contribution in [3.05, 3.63) is 53.9 Å². The van der Waals surface area contributed by atoms with E-state index in [2.05, 4.69) is 15.6 Å². The zero-order chi connectivity index (χ0) is 21.3. The van der Waals surface area contributed by atoms with E-state index in [1.807, 2.05) is 68.1 Å². The van der Waals surface area contributed by atoms with Crippen LogP contribution in [0, 0.1) is 6.92 Å². The van der Waals surface area contributed by atoms with Gasteiger partial charge in [-0.05, 0) is 31.9 Å². The van der Waals surface area contributed by atoms with Crippen LogP contribution in [0.1, 0.15) is 19.4 Å². The second-order valence-corrected chi connectivity index (χ2v) is 9.05. The van der Waals surface area contributed by atoms with Crippen LogP contribution >= 0.6 is 21.6 Å². The van der Waals surface area contributed by atoms with Gasteiger partial charge in [-0.25, -0.2) is 4.99 Å². The highest BCUT2D eigenvalue weighted by Crippen LogP contribution is 2.19. The maximum Gasteiger partial charge on any atom is 0.286 e. The molecule has 2 amide bonds. The molecule has 0 aliphatic rings. The first-order chi connectivity index (χ1) is 14.0.